The first kappa shape index (κ1) is 20.3. The van der Waals surface area contributed by atoms with Crippen molar-refractivity contribution in [2.45, 2.75) is 26.8 Å². The fourth-order valence-corrected chi connectivity index (χ4v) is 3.59. The van der Waals surface area contributed by atoms with Gasteiger partial charge in [0.25, 0.3) is 0 Å². The standard InChI is InChI=1S/C24H31N3O/c1-19-11-12-23(20(2)18-19)25-24(28)21(3)27-16-14-26(15-17-27)13-7-10-22-8-5-4-6-9-22/h4-12,18,21H,13-17H2,1-3H3,(H,25,28)/b10-7+/t21-/m1/s1. The zero-order valence-corrected chi connectivity index (χ0v) is 17.2. The fourth-order valence-electron chi connectivity index (χ4n) is 3.59. The minimum atomic E-state index is -0.122. The summed E-state index contributed by atoms with van der Waals surface area (Å²) in [5.74, 6) is 0.0735. The molecule has 4 nitrogen and oxygen atoms in total. The van der Waals surface area contributed by atoms with Crippen LogP contribution in [-0.2, 0) is 4.79 Å². The lowest BCUT2D eigenvalue weighted by atomic mass is 10.1. The van der Waals surface area contributed by atoms with E-state index in [2.05, 4.69) is 64.5 Å². The molecule has 2 aromatic rings. The number of hydrogen-bond acceptors (Lipinski definition) is 3. The molecule has 148 valence electrons. The van der Waals surface area contributed by atoms with Gasteiger partial charge in [-0.05, 0) is 38.0 Å². The Bertz CT molecular complexity index is 808. The van der Waals surface area contributed by atoms with Crippen LogP contribution >= 0.6 is 0 Å². The molecule has 2 aromatic carbocycles. The van der Waals surface area contributed by atoms with Crippen molar-refractivity contribution in [3.8, 4) is 0 Å². The monoisotopic (exact) mass is 377 g/mol. The van der Waals surface area contributed by atoms with Crippen molar-refractivity contribution in [2.75, 3.05) is 38.0 Å². The van der Waals surface area contributed by atoms with Gasteiger partial charge in [-0.15, -0.1) is 0 Å². The van der Waals surface area contributed by atoms with E-state index in [9.17, 15) is 4.79 Å². The summed E-state index contributed by atoms with van der Waals surface area (Å²) in [6.07, 6.45) is 4.40. The highest BCUT2D eigenvalue weighted by Crippen LogP contribution is 2.17. The molecule has 0 unspecified atom stereocenters. The number of anilines is 1. The molecule has 0 aliphatic carbocycles. The predicted molar refractivity (Wildman–Crippen MR) is 117 cm³/mol. The van der Waals surface area contributed by atoms with E-state index < -0.39 is 0 Å². The molecule has 0 spiro atoms. The van der Waals surface area contributed by atoms with E-state index in [-0.39, 0.29) is 11.9 Å². The Hall–Kier alpha value is -2.43. The number of amides is 1. The Balaban J connectivity index is 1.46. The largest absolute Gasteiger partial charge is 0.324 e. The van der Waals surface area contributed by atoms with Crippen molar-refractivity contribution in [1.82, 2.24) is 9.80 Å². The Labute approximate surface area is 168 Å². The van der Waals surface area contributed by atoms with Crippen LogP contribution in [0.4, 0.5) is 5.69 Å². The highest BCUT2D eigenvalue weighted by molar-refractivity contribution is 5.95. The van der Waals surface area contributed by atoms with Gasteiger partial charge in [0.1, 0.15) is 0 Å². The number of benzene rings is 2. The number of aryl methyl sites for hydroxylation is 2. The molecule has 1 aliphatic rings. The molecular weight excluding hydrogens is 346 g/mol. The van der Waals surface area contributed by atoms with Crippen LogP contribution in [-0.4, -0.2) is 54.5 Å². The second-order valence-corrected chi connectivity index (χ2v) is 7.63. The van der Waals surface area contributed by atoms with Gasteiger partial charge in [0.15, 0.2) is 0 Å². The number of carbonyl (C=O) groups excluding carboxylic acids is 1. The SMILES string of the molecule is Cc1ccc(NC(=O)[C@@H](C)N2CCN(C/C=C/c3ccccc3)CC2)c(C)c1. The predicted octanol–water partition coefficient (Wildman–Crippen LogP) is 3.96. The average molecular weight is 378 g/mol. The lowest BCUT2D eigenvalue weighted by Crippen LogP contribution is -2.52. The van der Waals surface area contributed by atoms with Crippen molar-refractivity contribution in [3.63, 3.8) is 0 Å². The normalized spacial score (nSPS) is 17.0. The van der Waals surface area contributed by atoms with Gasteiger partial charge in [-0.2, -0.15) is 0 Å². The molecule has 1 heterocycles. The molecule has 4 heteroatoms. The third-order valence-corrected chi connectivity index (χ3v) is 5.45. The van der Waals surface area contributed by atoms with E-state index in [4.69, 9.17) is 0 Å². The zero-order valence-electron chi connectivity index (χ0n) is 17.2. The molecule has 1 N–H and O–H groups in total. The highest BCUT2D eigenvalue weighted by atomic mass is 16.2. The Morgan fingerprint density at radius 1 is 1.07 bits per heavy atom. The minimum Gasteiger partial charge on any atom is -0.324 e. The third-order valence-electron chi connectivity index (χ3n) is 5.45. The molecule has 1 amide bonds. The van der Waals surface area contributed by atoms with Crippen molar-refractivity contribution < 1.29 is 4.79 Å². The number of nitrogens with one attached hydrogen (secondary N) is 1. The molecule has 1 saturated heterocycles. The van der Waals surface area contributed by atoms with Gasteiger partial charge in [0, 0.05) is 38.4 Å². The average Bonchev–Trinajstić information content (AvgIpc) is 2.71. The number of nitrogens with zero attached hydrogens (tertiary/aromatic N) is 2. The second-order valence-electron chi connectivity index (χ2n) is 7.63. The van der Waals surface area contributed by atoms with E-state index in [1.165, 1.54) is 11.1 Å². The first-order valence-corrected chi connectivity index (χ1v) is 10.1. The zero-order chi connectivity index (χ0) is 19.9. The summed E-state index contributed by atoms with van der Waals surface area (Å²) in [4.78, 5) is 17.4. The van der Waals surface area contributed by atoms with Gasteiger partial charge in [0.05, 0.1) is 6.04 Å². The lowest BCUT2D eigenvalue weighted by Gasteiger charge is -2.37. The van der Waals surface area contributed by atoms with Crippen LogP contribution in [0.15, 0.2) is 54.6 Å². The molecule has 28 heavy (non-hydrogen) atoms. The molecule has 1 aliphatic heterocycles. The van der Waals surface area contributed by atoms with Crippen molar-refractivity contribution in [2.24, 2.45) is 0 Å². The van der Waals surface area contributed by atoms with E-state index in [0.29, 0.717) is 0 Å². The van der Waals surface area contributed by atoms with Crippen LogP contribution in [0.3, 0.4) is 0 Å². The van der Waals surface area contributed by atoms with Crippen molar-refractivity contribution >= 4 is 17.7 Å². The highest BCUT2D eigenvalue weighted by Gasteiger charge is 2.25. The Kier molecular flexibility index (Phi) is 7.01. The Morgan fingerprint density at radius 3 is 2.46 bits per heavy atom. The third kappa shape index (κ3) is 5.54. The van der Waals surface area contributed by atoms with Crippen molar-refractivity contribution in [3.05, 3.63) is 71.3 Å². The summed E-state index contributed by atoms with van der Waals surface area (Å²) < 4.78 is 0. The van der Waals surface area contributed by atoms with Gasteiger partial charge in [-0.25, -0.2) is 0 Å². The van der Waals surface area contributed by atoms with Crippen LogP contribution in [0, 0.1) is 13.8 Å². The number of carbonyl (C=O) groups is 1. The fraction of sp³-hybridized carbons (Fsp3) is 0.375. The van der Waals surface area contributed by atoms with E-state index in [0.717, 1.165) is 44.0 Å². The van der Waals surface area contributed by atoms with E-state index >= 15 is 0 Å². The summed E-state index contributed by atoms with van der Waals surface area (Å²) in [5, 5.41) is 3.09. The topological polar surface area (TPSA) is 35.6 Å². The molecule has 0 aromatic heterocycles. The smallest absolute Gasteiger partial charge is 0.241 e. The van der Waals surface area contributed by atoms with E-state index in [1.807, 2.05) is 32.0 Å². The summed E-state index contributed by atoms with van der Waals surface area (Å²) in [7, 11) is 0. The minimum absolute atomic E-state index is 0.0735. The van der Waals surface area contributed by atoms with Crippen LogP contribution in [0.2, 0.25) is 0 Å². The van der Waals surface area contributed by atoms with Gasteiger partial charge in [-0.1, -0.05) is 60.2 Å². The second kappa shape index (κ2) is 9.67. The molecular formula is C24H31N3O. The maximum absolute atomic E-state index is 12.7. The van der Waals surface area contributed by atoms with Gasteiger partial charge in [-0.3, -0.25) is 14.6 Å². The molecule has 0 radical (unpaired) electrons. The van der Waals surface area contributed by atoms with Gasteiger partial charge >= 0.3 is 0 Å². The quantitative estimate of drug-likeness (QED) is 0.828. The summed E-state index contributed by atoms with van der Waals surface area (Å²) >= 11 is 0. The maximum atomic E-state index is 12.7. The van der Waals surface area contributed by atoms with E-state index in [1.54, 1.807) is 0 Å². The molecule has 0 bridgehead atoms. The molecule has 3 rings (SSSR count). The molecule has 1 atom stereocenters. The molecule has 1 fully saturated rings. The number of rotatable bonds is 6. The number of hydrogen-bond donors (Lipinski definition) is 1. The van der Waals surface area contributed by atoms with Gasteiger partial charge in [0.2, 0.25) is 5.91 Å². The summed E-state index contributed by atoms with van der Waals surface area (Å²) in [6.45, 7) is 10.9. The first-order valence-electron chi connectivity index (χ1n) is 10.1. The number of piperazine rings is 1. The van der Waals surface area contributed by atoms with Crippen LogP contribution in [0.25, 0.3) is 6.08 Å². The summed E-state index contributed by atoms with van der Waals surface area (Å²) in [6, 6.07) is 16.4. The van der Waals surface area contributed by atoms with Crippen LogP contribution < -0.4 is 5.32 Å². The molecule has 0 saturated carbocycles. The van der Waals surface area contributed by atoms with Gasteiger partial charge < -0.3 is 5.32 Å². The lowest BCUT2D eigenvalue weighted by molar-refractivity contribution is -0.121. The summed E-state index contributed by atoms with van der Waals surface area (Å²) in [5.41, 5.74) is 4.46. The van der Waals surface area contributed by atoms with Crippen LogP contribution in [0.5, 0.6) is 0 Å². The maximum Gasteiger partial charge on any atom is 0.241 e. The first-order chi connectivity index (χ1) is 13.5. The van der Waals surface area contributed by atoms with Crippen molar-refractivity contribution in [1.29, 1.82) is 0 Å². The van der Waals surface area contributed by atoms with Crippen LogP contribution in [0.1, 0.15) is 23.6 Å². The Morgan fingerprint density at radius 2 is 1.79 bits per heavy atom.